The van der Waals surface area contributed by atoms with E-state index in [1.54, 1.807) is 0 Å². The van der Waals surface area contributed by atoms with Gasteiger partial charge in [-0.25, -0.2) is 22.0 Å². The van der Waals surface area contributed by atoms with Crippen LogP contribution >= 0.6 is 0 Å². The first kappa shape index (κ1) is 15.0. The Labute approximate surface area is 118 Å². The van der Waals surface area contributed by atoms with Gasteiger partial charge in [0, 0.05) is 6.20 Å². The van der Waals surface area contributed by atoms with Crippen molar-refractivity contribution in [2.45, 2.75) is 10.6 Å². The van der Waals surface area contributed by atoms with Crippen molar-refractivity contribution >= 4 is 15.8 Å². The summed E-state index contributed by atoms with van der Waals surface area (Å²) in [4.78, 5) is 13.5. The zero-order valence-electron chi connectivity index (χ0n) is 10.5. The van der Waals surface area contributed by atoms with Crippen LogP contribution in [-0.2, 0) is 15.6 Å². The van der Waals surface area contributed by atoms with Crippen molar-refractivity contribution in [3.63, 3.8) is 0 Å². The second-order valence-electron chi connectivity index (χ2n) is 4.22. The molecule has 0 bridgehead atoms. The number of hydrogen-bond acceptors (Lipinski definition) is 4. The van der Waals surface area contributed by atoms with Gasteiger partial charge in [0.15, 0.2) is 9.84 Å². The number of aromatic nitrogens is 1. The lowest BCUT2D eigenvalue weighted by atomic mass is 10.2. The molecule has 0 saturated heterocycles. The largest absolute Gasteiger partial charge is 0.478 e. The van der Waals surface area contributed by atoms with Crippen LogP contribution in [0.1, 0.15) is 15.9 Å². The van der Waals surface area contributed by atoms with Crippen molar-refractivity contribution in [3.05, 3.63) is 59.4 Å². The molecule has 5 nitrogen and oxygen atoms in total. The number of pyridine rings is 1. The summed E-state index contributed by atoms with van der Waals surface area (Å²) >= 11 is 0. The van der Waals surface area contributed by atoms with E-state index < -0.39 is 38.1 Å². The molecule has 8 heteroatoms. The maximum atomic E-state index is 13.8. The second kappa shape index (κ2) is 5.57. The summed E-state index contributed by atoms with van der Waals surface area (Å²) < 4.78 is 50.9. The van der Waals surface area contributed by atoms with Crippen LogP contribution in [0.2, 0.25) is 0 Å². The summed E-state index contributed by atoms with van der Waals surface area (Å²) in [7, 11) is -4.08. The van der Waals surface area contributed by atoms with Gasteiger partial charge in [-0.05, 0) is 29.8 Å². The fourth-order valence-corrected chi connectivity index (χ4v) is 3.10. The molecular formula is C13H9F2NO4S. The minimum Gasteiger partial charge on any atom is -0.478 e. The average molecular weight is 313 g/mol. The van der Waals surface area contributed by atoms with E-state index in [-0.39, 0.29) is 11.1 Å². The van der Waals surface area contributed by atoms with E-state index in [9.17, 15) is 22.0 Å². The molecule has 0 atom stereocenters. The first-order chi connectivity index (χ1) is 9.79. The number of carbonyl (C=O) groups is 1. The third kappa shape index (κ3) is 3.40. The predicted molar refractivity (Wildman–Crippen MR) is 68.4 cm³/mol. The molecule has 21 heavy (non-hydrogen) atoms. The highest BCUT2D eigenvalue weighted by Crippen LogP contribution is 2.21. The number of rotatable bonds is 4. The normalized spacial score (nSPS) is 11.3. The van der Waals surface area contributed by atoms with Gasteiger partial charge in [0.25, 0.3) is 0 Å². The van der Waals surface area contributed by atoms with E-state index in [0.717, 1.165) is 30.6 Å². The fourth-order valence-electron chi connectivity index (χ4n) is 1.72. The predicted octanol–water partition coefficient (Wildman–Crippen LogP) is 2.03. The molecule has 0 amide bonds. The lowest BCUT2D eigenvalue weighted by Crippen LogP contribution is -2.09. The first-order valence-electron chi connectivity index (χ1n) is 5.64. The van der Waals surface area contributed by atoms with E-state index in [1.807, 2.05) is 0 Å². The zero-order valence-corrected chi connectivity index (χ0v) is 11.3. The van der Waals surface area contributed by atoms with Crippen molar-refractivity contribution in [2.75, 3.05) is 0 Å². The van der Waals surface area contributed by atoms with Gasteiger partial charge in [-0.2, -0.15) is 0 Å². The van der Waals surface area contributed by atoms with Crippen LogP contribution in [0.25, 0.3) is 0 Å². The smallest absolute Gasteiger partial charge is 0.335 e. The Bertz CT molecular complexity index is 806. The van der Waals surface area contributed by atoms with Crippen molar-refractivity contribution in [1.82, 2.24) is 4.98 Å². The molecule has 0 aliphatic heterocycles. The number of nitrogens with zero attached hydrogens (tertiary/aromatic N) is 1. The van der Waals surface area contributed by atoms with Gasteiger partial charge >= 0.3 is 5.97 Å². The summed E-state index contributed by atoms with van der Waals surface area (Å²) in [6.07, 6.45) is 2.07. The first-order valence-corrected chi connectivity index (χ1v) is 7.30. The molecule has 1 aromatic heterocycles. The molecule has 0 aliphatic carbocycles. The lowest BCUT2D eigenvalue weighted by Gasteiger charge is -2.06. The summed E-state index contributed by atoms with van der Waals surface area (Å²) in [5, 5.41) is 8.70. The summed E-state index contributed by atoms with van der Waals surface area (Å²) in [6, 6.07) is 3.47. The van der Waals surface area contributed by atoms with E-state index in [1.165, 1.54) is 0 Å². The number of hydrogen-bond donors (Lipinski definition) is 1. The molecule has 2 aromatic rings. The van der Waals surface area contributed by atoms with Gasteiger partial charge in [0.05, 0.1) is 17.5 Å². The maximum absolute atomic E-state index is 13.8. The van der Waals surface area contributed by atoms with E-state index in [2.05, 4.69) is 4.98 Å². The molecule has 0 spiro atoms. The number of benzene rings is 1. The van der Waals surface area contributed by atoms with Crippen molar-refractivity contribution in [2.24, 2.45) is 0 Å². The summed E-state index contributed by atoms with van der Waals surface area (Å²) in [5.74, 6) is -3.88. The molecule has 0 radical (unpaired) electrons. The molecule has 0 unspecified atom stereocenters. The lowest BCUT2D eigenvalue weighted by molar-refractivity contribution is 0.0696. The van der Waals surface area contributed by atoms with Crippen molar-refractivity contribution in [3.8, 4) is 0 Å². The maximum Gasteiger partial charge on any atom is 0.335 e. The topological polar surface area (TPSA) is 84.3 Å². The van der Waals surface area contributed by atoms with Gasteiger partial charge in [0.2, 0.25) is 0 Å². The van der Waals surface area contributed by atoms with Crippen LogP contribution in [0.3, 0.4) is 0 Å². The van der Waals surface area contributed by atoms with Crippen molar-refractivity contribution < 1.29 is 27.1 Å². The number of halogens is 2. The van der Waals surface area contributed by atoms with Gasteiger partial charge in [-0.3, -0.25) is 4.98 Å². The molecule has 1 heterocycles. The third-order valence-corrected chi connectivity index (χ3v) is 4.35. The third-order valence-electron chi connectivity index (χ3n) is 2.63. The average Bonchev–Trinajstić information content (AvgIpc) is 2.37. The Morgan fingerprint density at radius 2 is 1.90 bits per heavy atom. The Morgan fingerprint density at radius 3 is 2.48 bits per heavy atom. The Hall–Kier alpha value is -2.35. The molecular weight excluding hydrogens is 304 g/mol. The number of carboxylic acids is 1. The van der Waals surface area contributed by atoms with E-state index in [4.69, 9.17) is 5.11 Å². The summed E-state index contributed by atoms with van der Waals surface area (Å²) in [5.41, 5.74) is -0.296. The van der Waals surface area contributed by atoms with Gasteiger partial charge in [0.1, 0.15) is 16.5 Å². The Balaban J connectivity index is 2.38. The molecule has 1 N–H and O–H groups in total. The Kier molecular flexibility index (Phi) is 3.99. The van der Waals surface area contributed by atoms with Gasteiger partial charge < -0.3 is 5.11 Å². The molecule has 110 valence electrons. The SMILES string of the molecule is O=C(O)c1ccc(S(=O)(=O)Cc2cncc(F)c2)c(F)c1. The number of carboxylic acid groups (broad SMARTS) is 1. The highest BCUT2D eigenvalue weighted by atomic mass is 32.2. The van der Waals surface area contributed by atoms with Crippen LogP contribution in [0.4, 0.5) is 8.78 Å². The highest BCUT2D eigenvalue weighted by molar-refractivity contribution is 7.90. The van der Waals surface area contributed by atoms with E-state index in [0.29, 0.717) is 6.07 Å². The zero-order chi connectivity index (χ0) is 15.6. The summed E-state index contributed by atoms with van der Waals surface area (Å²) in [6.45, 7) is 0. The molecule has 2 rings (SSSR count). The Morgan fingerprint density at radius 1 is 1.19 bits per heavy atom. The molecule has 0 aliphatic rings. The van der Waals surface area contributed by atoms with Crippen LogP contribution in [0.5, 0.6) is 0 Å². The quantitative estimate of drug-likeness (QED) is 0.933. The van der Waals surface area contributed by atoms with Crippen LogP contribution in [0, 0.1) is 11.6 Å². The van der Waals surface area contributed by atoms with Crippen molar-refractivity contribution in [1.29, 1.82) is 0 Å². The molecule has 0 saturated carbocycles. The van der Waals surface area contributed by atoms with E-state index >= 15 is 0 Å². The van der Waals surface area contributed by atoms with Crippen LogP contribution in [-0.4, -0.2) is 24.5 Å². The number of aromatic carboxylic acids is 1. The minimum absolute atomic E-state index is 0.0664. The van der Waals surface area contributed by atoms with Gasteiger partial charge in [-0.15, -0.1) is 0 Å². The minimum atomic E-state index is -4.08. The fraction of sp³-hybridized carbons (Fsp3) is 0.0769. The second-order valence-corrected chi connectivity index (χ2v) is 6.18. The van der Waals surface area contributed by atoms with Crippen LogP contribution in [0.15, 0.2) is 41.6 Å². The highest BCUT2D eigenvalue weighted by Gasteiger charge is 2.21. The standard InChI is InChI=1S/C13H9F2NO4S/c14-10-3-8(5-16-6-10)7-21(19,20)12-2-1-9(13(17)18)4-11(12)15/h1-6H,7H2,(H,17,18). The number of sulfone groups is 1. The molecule has 0 fully saturated rings. The monoisotopic (exact) mass is 313 g/mol. The molecule has 1 aromatic carbocycles. The van der Waals surface area contributed by atoms with Gasteiger partial charge in [-0.1, -0.05) is 0 Å². The van der Waals surface area contributed by atoms with Crippen LogP contribution < -0.4 is 0 Å².